The summed E-state index contributed by atoms with van der Waals surface area (Å²) in [7, 11) is 0. The smallest absolute Gasteiger partial charge is 0.0729 e. The Kier molecular flexibility index (Phi) is 7.85. The number of rotatable bonds is 10. The van der Waals surface area contributed by atoms with Crippen molar-refractivity contribution in [3.8, 4) is 0 Å². The average molecular weight is 281 g/mol. The van der Waals surface area contributed by atoms with E-state index >= 15 is 0 Å². The van der Waals surface area contributed by atoms with E-state index in [0.29, 0.717) is 12.1 Å². The van der Waals surface area contributed by atoms with Crippen molar-refractivity contribution in [2.45, 2.75) is 72.1 Å². The first kappa shape index (κ1) is 17.2. The van der Waals surface area contributed by atoms with Gasteiger partial charge in [0.05, 0.1) is 11.8 Å². The minimum atomic E-state index is 0.258. The number of nitrogens with zero attached hydrogens (tertiary/aromatic N) is 2. The van der Waals surface area contributed by atoms with Crippen LogP contribution in [0, 0.1) is 0 Å². The highest BCUT2D eigenvalue weighted by atomic mass is 16.5. The number of ether oxygens (including phenoxy) is 1. The van der Waals surface area contributed by atoms with Crippen molar-refractivity contribution in [2.75, 3.05) is 13.2 Å². The predicted octanol–water partition coefficient (Wildman–Crippen LogP) is 3.19. The third kappa shape index (κ3) is 4.91. The Morgan fingerprint density at radius 1 is 1.25 bits per heavy atom. The molecule has 116 valence electrons. The first-order valence-electron chi connectivity index (χ1n) is 8.05. The summed E-state index contributed by atoms with van der Waals surface area (Å²) in [5.74, 6) is 0. The van der Waals surface area contributed by atoms with Crippen LogP contribution >= 0.6 is 0 Å². The minimum absolute atomic E-state index is 0.258. The van der Waals surface area contributed by atoms with Gasteiger partial charge in [-0.25, -0.2) is 0 Å². The van der Waals surface area contributed by atoms with Crippen LogP contribution in [0.4, 0.5) is 0 Å². The van der Waals surface area contributed by atoms with E-state index in [-0.39, 0.29) is 6.10 Å². The Bertz CT molecular complexity index is 364. The summed E-state index contributed by atoms with van der Waals surface area (Å²) in [4.78, 5) is 0. The fourth-order valence-corrected chi connectivity index (χ4v) is 2.47. The van der Waals surface area contributed by atoms with Crippen LogP contribution in [-0.4, -0.2) is 35.1 Å². The molecule has 1 heterocycles. The van der Waals surface area contributed by atoms with Gasteiger partial charge in [-0.2, -0.15) is 5.10 Å². The van der Waals surface area contributed by atoms with E-state index in [0.717, 1.165) is 38.1 Å². The van der Waals surface area contributed by atoms with Gasteiger partial charge >= 0.3 is 0 Å². The van der Waals surface area contributed by atoms with Crippen molar-refractivity contribution >= 4 is 0 Å². The Balaban J connectivity index is 2.71. The molecule has 3 unspecified atom stereocenters. The highest BCUT2D eigenvalue weighted by molar-refractivity contribution is 5.03. The summed E-state index contributed by atoms with van der Waals surface area (Å²) >= 11 is 0. The van der Waals surface area contributed by atoms with Crippen LogP contribution in [0.3, 0.4) is 0 Å². The molecule has 4 heteroatoms. The van der Waals surface area contributed by atoms with Crippen molar-refractivity contribution in [3.63, 3.8) is 0 Å². The molecule has 1 aromatic heterocycles. The monoisotopic (exact) mass is 281 g/mol. The van der Waals surface area contributed by atoms with Crippen LogP contribution in [0.2, 0.25) is 0 Å². The molecule has 1 N–H and O–H groups in total. The van der Waals surface area contributed by atoms with Crippen LogP contribution in [0.25, 0.3) is 0 Å². The second-order valence-corrected chi connectivity index (χ2v) is 5.31. The standard InChI is InChI=1S/C16H31N3O/c1-6-13(5)19-11-10-14(18-19)12-15(17-8-3)16(7-2)20-9-4/h10-11,13,15-17H,6-9,12H2,1-5H3. The topological polar surface area (TPSA) is 39.1 Å². The van der Waals surface area contributed by atoms with Gasteiger partial charge in [0.2, 0.25) is 0 Å². The van der Waals surface area contributed by atoms with E-state index in [1.807, 2.05) is 0 Å². The summed E-state index contributed by atoms with van der Waals surface area (Å²) in [5, 5.41) is 8.25. The fourth-order valence-electron chi connectivity index (χ4n) is 2.47. The van der Waals surface area contributed by atoms with Gasteiger partial charge in [0.25, 0.3) is 0 Å². The normalized spacial score (nSPS) is 16.1. The van der Waals surface area contributed by atoms with Crippen molar-refractivity contribution in [2.24, 2.45) is 0 Å². The molecule has 0 bridgehead atoms. The number of aromatic nitrogens is 2. The number of likely N-dealkylation sites (N-methyl/N-ethyl adjacent to an activating group) is 1. The van der Waals surface area contributed by atoms with E-state index in [2.05, 4.69) is 56.9 Å². The molecule has 1 rings (SSSR count). The van der Waals surface area contributed by atoms with Crippen LogP contribution in [0.1, 0.15) is 59.2 Å². The van der Waals surface area contributed by atoms with E-state index < -0.39 is 0 Å². The largest absolute Gasteiger partial charge is 0.377 e. The maximum Gasteiger partial charge on any atom is 0.0729 e. The lowest BCUT2D eigenvalue weighted by Gasteiger charge is -2.26. The maximum absolute atomic E-state index is 5.86. The molecule has 0 amide bonds. The van der Waals surface area contributed by atoms with E-state index in [1.165, 1.54) is 0 Å². The van der Waals surface area contributed by atoms with E-state index in [4.69, 9.17) is 9.84 Å². The molecular weight excluding hydrogens is 250 g/mol. The highest BCUT2D eigenvalue weighted by Crippen LogP contribution is 2.13. The summed E-state index contributed by atoms with van der Waals surface area (Å²) in [5.41, 5.74) is 1.15. The predicted molar refractivity (Wildman–Crippen MR) is 84.1 cm³/mol. The quantitative estimate of drug-likeness (QED) is 0.716. The van der Waals surface area contributed by atoms with Crippen molar-refractivity contribution < 1.29 is 4.74 Å². The fraction of sp³-hybridized carbons (Fsp3) is 0.812. The second-order valence-electron chi connectivity index (χ2n) is 5.31. The maximum atomic E-state index is 5.86. The molecule has 1 aromatic rings. The molecule has 0 saturated carbocycles. The lowest BCUT2D eigenvalue weighted by atomic mass is 10.0. The van der Waals surface area contributed by atoms with E-state index in [1.54, 1.807) is 0 Å². The Labute approximate surface area is 123 Å². The van der Waals surface area contributed by atoms with Crippen molar-refractivity contribution in [3.05, 3.63) is 18.0 Å². The van der Waals surface area contributed by atoms with Gasteiger partial charge in [0.1, 0.15) is 0 Å². The van der Waals surface area contributed by atoms with Gasteiger partial charge in [0.15, 0.2) is 0 Å². The molecule has 0 aliphatic rings. The second kappa shape index (κ2) is 9.14. The molecule has 0 fully saturated rings. The molecule has 0 saturated heterocycles. The molecule has 20 heavy (non-hydrogen) atoms. The Morgan fingerprint density at radius 3 is 2.55 bits per heavy atom. The first-order chi connectivity index (χ1) is 9.65. The lowest BCUT2D eigenvalue weighted by Crippen LogP contribution is -2.42. The molecule has 0 spiro atoms. The number of nitrogens with one attached hydrogen (secondary N) is 1. The van der Waals surface area contributed by atoms with Gasteiger partial charge in [-0.15, -0.1) is 0 Å². The van der Waals surface area contributed by atoms with Gasteiger partial charge in [-0.1, -0.05) is 20.8 Å². The van der Waals surface area contributed by atoms with E-state index in [9.17, 15) is 0 Å². The van der Waals surface area contributed by atoms with Gasteiger partial charge in [-0.3, -0.25) is 4.68 Å². The molecular formula is C16H31N3O. The van der Waals surface area contributed by atoms with Crippen LogP contribution in [0.5, 0.6) is 0 Å². The van der Waals surface area contributed by atoms with Crippen molar-refractivity contribution in [1.82, 2.24) is 15.1 Å². The zero-order chi connectivity index (χ0) is 15.0. The third-order valence-corrected chi connectivity index (χ3v) is 3.83. The summed E-state index contributed by atoms with van der Waals surface area (Å²) < 4.78 is 7.93. The summed E-state index contributed by atoms with van der Waals surface area (Å²) in [6.45, 7) is 12.5. The van der Waals surface area contributed by atoms with Gasteiger partial charge in [0, 0.05) is 31.3 Å². The SMILES string of the molecule is CCNC(Cc1ccn(C(C)CC)n1)C(CC)OCC. The molecule has 0 radical (unpaired) electrons. The summed E-state index contributed by atoms with van der Waals surface area (Å²) in [6.07, 6.45) is 5.41. The zero-order valence-corrected chi connectivity index (χ0v) is 13.7. The third-order valence-electron chi connectivity index (χ3n) is 3.83. The number of hydrogen-bond donors (Lipinski definition) is 1. The number of hydrogen-bond acceptors (Lipinski definition) is 3. The van der Waals surface area contributed by atoms with Crippen LogP contribution in [0.15, 0.2) is 12.3 Å². The summed E-state index contributed by atoms with van der Waals surface area (Å²) in [6, 6.07) is 2.94. The first-order valence-corrected chi connectivity index (χ1v) is 8.05. The van der Waals surface area contributed by atoms with Crippen LogP contribution < -0.4 is 5.32 Å². The van der Waals surface area contributed by atoms with Crippen molar-refractivity contribution in [1.29, 1.82) is 0 Å². The molecule has 0 aliphatic heterocycles. The molecule has 0 aromatic carbocycles. The zero-order valence-electron chi connectivity index (χ0n) is 13.7. The Morgan fingerprint density at radius 2 is 2.00 bits per heavy atom. The molecule has 4 nitrogen and oxygen atoms in total. The van der Waals surface area contributed by atoms with Gasteiger partial charge < -0.3 is 10.1 Å². The minimum Gasteiger partial charge on any atom is -0.377 e. The molecule has 3 atom stereocenters. The Hall–Kier alpha value is -0.870. The lowest BCUT2D eigenvalue weighted by molar-refractivity contribution is 0.0321. The van der Waals surface area contributed by atoms with Gasteiger partial charge in [-0.05, 0) is 39.3 Å². The average Bonchev–Trinajstić information content (AvgIpc) is 2.92. The molecule has 0 aliphatic carbocycles. The highest BCUT2D eigenvalue weighted by Gasteiger charge is 2.21. The van der Waals surface area contributed by atoms with Crippen LogP contribution in [-0.2, 0) is 11.2 Å².